The van der Waals surface area contributed by atoms with E-state index in [2.05, 4.69) is 15.9 Å². The van der Waals surface area contributed by atoms with Crippen molar-refractivity contribution in [2.24, 2.45) is 5.14 Å². The van der Waals surface area contributed by atoms with Gasteiger partial charge in [0.25, 0.3) is 5.69 Å². The van der Waals surface area contributed by atoms with Crippen LogP contribution in [0, 0.1) is 10.1 Å². The molecule has 11 heteroatoms. The van der Waals surface area contributed by atoms with Crippen molar-refractivity contribution in [1.82, 2.24) is 0 Å². The number of halogens is 4. The van der Waals surface area contributed by atoms with E-state index in [9.17, 15) is 31.7 Å². The highest BCUT2D eigenvalue weighted by Crippen LogP contribution is 2.42. The third kappa shape index (κ3) is 2.79. The number of alkyl halides is 3. The highest BCUT2D eigenvalue weighted by Gasteiger charge is 2.41. The lowest BCUT2D eigenvalue weighted by atomic mass is 10.2. The number of hydrogen-bond donors (Lipinski definition) is 1. The first-order chi connectivity index (χ1) is 7.96. The SMILES string of the molecule is NS(=O)(=O)c1ccc(C(F)(F)F)c([N+](=O)[O-])c1Br. The average Bonchev–Trinajstić information content (AvgIpc) is 2.12. The van der Waals surface area contributed by atoms with E-state index >= 15 is 0 Å². The Morgan fingerprint density at radius 3 is 2.17 bits per heavy atom. The molecule has 0 aliphatic heterocycles. The molecular weight excluding hydrogens is 345 g/mol. The van der Waals surface area contributed by atoms with E-state index in [0.29, 0.717) is 12.1 Å². The Labute approximate surface area is 107 Å². The summed E-state index contributed by atoms with van der Waals surface area (Å²) in [5.41, 5.74) is -2.96. The molecule has 1 aromatic carbocycles. The Hall–Kier alpha value is -1.20. The van der Waals surface area contributed by atoms with Gasteiger partial charge in [-0.15, -0.1) is 0 Å². The standard InChI is InChI=1S/C7H4BrF3N2O4S/c8-5-4(18(12,16)17)2-1-3(7(9,10)11)6(5)13(14)15/h1-2H,(H2,12,16,17). The van der Waals surface area contributed by atoms with Crippen molar-refractivity contribution in [2.75, 3.05) is 0 Å². The predicted molar refractivity (Wildman–Crippen MR) is 57.2 cm³/mol. The van der Waals surface area contributed by atoms with Crippen LogP contribution in [0.3, 0.4) is 0 Å². The molecule has 0 radical (unpaired) electrons. The van der Waals surface area contributed by atoms with Gasteiger partial charge in [0.15, 0.2) is 0 Å². The summed E-state index contributed by atoms with van der Waals surface area (Å²) >= 11 is 2.46. The molecule has 0 aromatic heterocycles. The lowest BCUT2D eigenvalue weighted by molar-refractivity contribution is -0.389. The first kappa shape index (κ1) is 14.9. The van der Waals surface area contributed by atoms with E-state index in [-0.39, 0.29) is 0 Å². The van der Waals surface area contributed by atoms with Gasteiger partial charge in [-0.25, -0.2) is 13.6 Å². The van der Waals surface area contributed by atoms with Crippen molar-refractivity contribution < 1.29 is 26.5 Å². The van der Waals surface area contributed by atoms with Crippen LogP contribution in [0.1, 0.15) is 5.56 Å². The molecule has 6 nitrogen and oxygen atoms in total. The second kappa shape index (κ2) is 4.48. The number of nitrogens with zero attached hydrogens (tertiary/aromatic N) is 1. The zero-order valence-corrected chi connectivity index (χ0v) is 10.6. The molecule has 0 fully saturated rings. The molecule has 1 rings (SSSR count). The zero-order chi connectivity index (χ0) is 14.3. The summed E-state index contributed by atoms with van der Waals surface area (Å²) in [5.74, 6) is 0. The molecule has 0 atom stereocenters. The van der Waals surface area contributed by atoms with Gasteiger partial charge in [0.2, 0.25) is 10.0 Å². The molecule has 0 aliphatic carbocycles. The van der Waals surface area contributed by atoms with Gasteiger partial charge in [-0.05, 0) is 28.1 Å². The van der Waals surface area contributed by atoms with Crippen molar-refractivity contribution in [3.05, 3.63) is 32.3 Å². The Bertz CT molecular complexity index is 614. The monoisotopic (exact) mass is 348 g/mol. The summed E-state index contributed by atoms with van der Waals surface area (Å²) in [5, 5.41) is 15.3. The van der Waals surface area contributed by atoms with Crippen LogP contribution in [0.4, 0.5) is 18.9 Å². The smallest absolute Gasteiger partial charge is 0.258 e. The molecule has 0 spiro atoms. The Morgan fingerprint density at radius 2 is 1.83 bits per heavy atom. The second-order valence-corrected chi connectivity index (χ2v) is 5.40. The molecular formula is C7H4BrF3N2O4S. The quantitative estimate of drug-likeness (QED) is 0.652. The van der Waals surface area contributed by atoms with Gasteiger partial charge >= 0.3 is 6.18 Å². The normalized spacial score (nSPS) is 12.5. The lowest BCUT2D eigenvalue weighted by Gasteiger charge is -2.10. The molecule has 1 aromatic rings. The van der Waals surface area contributed by atoms with Crippen LogP contribution in [-0.4, -0.2) is 13.3 Å². The minimum atomic E-state index is -4.98. The van der Waals surface area contributed by atoms with E-state index in [0.717, 1.165) is 0 Å². The van der Waals surface area contributed by atoms with Gasteiger partial charge in [-0.2, -0.15) is 13.2 Å². The van der Waals surface area contributed by atoms with Crippen LogP contribution in [-0.2, 0) is 16.2 Å². The summed E-state index contributed by atoms with van der Waals surface area (Å²) in [7, 11) is -4.37. The molecule has 0 saturated carbocycles. The third-order valence-corrected chi connectivity index (χ3v) is 3.89. The minimum absolute atomic E-state index is 0.294. The Morgan fingerprint density at radius 1 is 1.33 bits per heavy atom. The summed E-state index contributed by atoms with van der Waals surface area (Å²) in [4.78, 5) is 8.49. The van der Waals surface area contributed by atoms with Crippen molar-refractivity contribution in [3.8, 4) is 0 Å². The fraction of sp³-hybridized carbons (Fsp3) is 0.143. The highest BCUT2D eigenvalue weighted by atomic mass is 79.9. The van der Waals surface area contributed by atoms with Crippen molar-refractivity contribution in [1.29, 1.82) is 0 Å². The van der Waals surface area contributed by atoms with Crippen LogP contribution in [0.2, 0.25) is 0 Å². The van der Waals surface area contributed by atoms with Gasteiger partial charge in [-0.1, -0.05) is 0 Å². The van der Waals surface area contributed by atoms with E-state index in [1.165, 1.54) is 0 Å². The molecule has 100 valence electrons. The third-order valence-electron chi connectivity index (χ3n) is 1.88. The largest absolute Gasteiger partial charge is 0.423 e. The minimum Gasteiger partial charge on any atom is -0.258 e. The first-order valence-corrected chi connectivity index (χ1v) is 6.37. The molecule has 0 saturated heterocycles. The number of hydrogen-bond acceptors (Lipinski definition) is 4. The molecule has 0 aliphatic rings. The molecule has 2 N–H and O–H groups in total. The molecule has 18 heavy (non-hydrogen) atoms. The topological polar surface area (TPSA) is 103 Å². The van der Waals surface area contributed by atoms with Crippen molar-refractivity contribution in [2.45, 2.75) is 11.1 Å². The number of nitro groups is 1. The fourth-order valence-electron chi connectivity index (χ4n) is 1.17. The van der Waals surface area contributed by atoms with E-state index in [4.69, 9.17) is 5.14 Å². The number of primary sulfonamides is 1. The molecule has 0 heterocycles. The lowest BCUT2D eigenvalue weighted by Crippen LogP contribution is -2.16. The number of sulfonamides is 1. The number of nitro benzene ring substituents is 1. The van der Waals surface area contributed by atoms with E-state index in [1.807, 2.05) is 0 Å². The van der Waals surface area contributed by atoms with E-state index in [1.54, 1.807) is 0 Å². The maximum absolute atomic E-state index is 12.5. The van der Waals surface area contributed by atoms with Gasteiger partial charge in [0, 0.05) is 0 Å². The van der Waals surface area contributed by atoms with Crippen molar-refractivity contribution in [3.63, 3.8) is 0 Å². The van der Waals surface area contributed by atoms with Crippen LogP contribution in [0.15, 0.2) is 21.5 Å². The second-order valence-electron chi connectivity index (χ2n) is 3.07. The first-order valence-electron chi connectivity index (χ1n) is 4.03. The van der Waals surface area contributed by atoms with Crippen LogP contribution >= 0.6 is 15.9 Å². The Balaban J connectivity index is 3.75. The maximum Gasteiger partial charge on any atom is 0.423 e. The summed E-state index contributed by atoms with van der Waals surface area (Å²) in [6.07, 6.45) is -4.98. The van der Waals surface area contributed by atoms with Crippen LogP contribution < -0.4 is 5.14 Å². The maximum atomic E-state index is 12.5. The number of benzene rings is 1. The van der Waals surface area contributed by atoms with Gasteiger partial charge in [-0.3, -0.25) is 10.1 Å². The van der Waals surface area contributed by atoms with Crippen molar-refractivity contribution >= 4 is 31.6 Å². The molecule has 0 bridgehead atoms. The van der Waals surface area contributed by atoms with Gasteiger partial charge in [0.1, 0.15) is 14.9 Å². The number of rotatable bonds is 2. The zero-order valence-electron chi connectivity index (χ0n) is 8.23. The van der Waals surface area contributed by atoms with Gasteiger partial charge < -0.3 is 0 Å². The number of nitrogens with two attached hydrogens (primary N) is 1. The summed E-state index contributed by atoms with van der Waals surface area (Å²) in [6, 6.07) is 0.845. The summed E-state index contributed by atoms with van der Waals surface area (Å²) < 4.78 is 58.8. The predicted octanol–water partition coefficient (Wildman–Crippen LogP) is 2.02. The van der Waals surface area contributed by atoms with Gasteiger partial charge in [0.05, 0.1) is 4.92 Å². The van der Waals surface area contributed by atoms with Crippen LogP contribution in [0.5, 0.6) is 0 Å². The molecule has 0 unspecified atom stereocenters. The molecule has 0 amide bonds. The fourth-order valence-corrected chi connectivity index (χ4v) is 2.94. The van der Waals surface area contributed by atoms with E-state index < -0.39 is 41.7 Å². The average molecular weight is 349 g/mol. The highest BCUT2D eigenvalue weighted by molar-refractivity contribution is 9.10. The summed E-state index contributed by atoms with van der Waals surface area (Å²) in [6.45, 7) is 0. The Kier molecular flexibility index (Phi) is 3.70. The van der Waals surface area contributed by atoms with Crippen LogP contribution in [0.25, 0.3) is 0 Å².